The van der Waals surface area contributed by atoms with Gasteiger partial charge in [0, 0.05) is 6.54 Å². The van der Waals surface area contributed by atoms with Gasteiger partial charge in [0.05, 0.1) is 11.6 Å². The van der Waals surface area contributed by atoms with Crippen LogP contribution in [0.4, 0.5) is 0 Å². The van der Waals surface area contributed by atoms with Crippen molar-refractivity contribution in [3.63, 3.8) is 0 Å². The summed E-state index contributed by atoms with van der Waals surface area (Å²) in [5, 5.41) is 3.40. The van der Waals surface area contributed by atoms with Crippen molar-refractivity contribution in [2.75, 3.05) is 13.3 Å². The van der Waals surface area contributed by atoms with Crippen molar-refractivity contribution in [2.24, 2.45) is 5.73 Å². The zero-order chi connectivity index (χ0) is 11.5. The number of primary amides is 1. The SMILES string of the molecule is NC(=O)CNCc1cc(Cl)c2c(c1)OCO2. The van der Waals surface area contributed by atoms with Crippen LogP contribution in [0.5, 0.6) is 11.5 Å². The molecule has 6 heteroatoms. The molecule has 0 fully saturated rings. The van der Waals surface area contributed by atoms with E-state index in [0.717, 1.165) is 5.56 Å². The molecule has 0 saturated heterocycles. The lowest BCUT2D eigenvalue weighted by Gasteiger charge is -2.05. The van der Waals surface area contributed by atoms with Gasteiger partial charge in [0.25, 0.3) is 0 Å². The van der Waals surface area contributed by atoms with Gasteiger partial charge in [-0.1, -0.05) is 11.6 Å². The first-order valence-electron chi connectivity index (χ1n) is 4.74. The Kier molecular flexibility index (Phi) is 3.17. The van der Waals surface area contributed by atoms with E-state index in [1.165, 1.54) is 0 Å². The molecule has 5 nitrogen and oxygen atoms in total. The maximum atomic E-state index is 10.5. The monoisotopic (exact) mass is 242 g/mol. The molecule has 0 unspecified atom stereocenters. The molecule has 0 aliphatic carbocycles. The highest BCUT2D eigenvalue weighted by atomic mass is 35.5. The quantitative estimate of drug-likeness (QED) is 0.813. The van der Waals surface area contributed by atoms with Crippen LogP contribution in [0.25, 0.3) is 0 Å². The van der Waals surface area contributed by atoms with Crippen LogP contribution in [0.15, 0.2) is 12.1 Å². The van der Waals surface area contributed by atoms with Crippen LogP contribution in [-0.2, 0) is 11.3 Å². The van der Waals surface area contributed by atoms with Gasteiger partial charge in [-0.2, -0.15) is 0 Å². The van der Waals surface area contributed by atoms with E-state index < -0.39 is 5.91 Å². The van der Waals surface area contributed by atoms with Crippen LogP contribution < -0.4 is 20.5 Å². The minimum atomic E-state index is -0.396. The predicted molar refractivity (Wildman–Crippen MR) is 58.5 cm³/mol. The number of carbonyl (C=O) groups is 1. The highest BCUT2D eigenvalue weighted by Gasteiger charge is 2.17. The standard InChI is InChI=1S/C10H11ClN2O3/c11-7-1-6(3-13-4-9(12)14)2-8-10(7)16-5-15-8/h1-2,13H,3-5H2,(H2,12,14). The van der Waals surface area contributed by atoms with Gasteiger partial charge in [-0.05, 0) is 17.7 Å². The number of carbonyl (C=O) groups excluding carboxylic acids is 1. The number of ether oxygens (including phenoxy) is 2. The third-order valence-corrected chi connectivity index (χ3v) is 2.40. The third-order valence-electron chi connectivity index (χ3n) is 2.12. The average Bonchev–Trinajstić information content (AvgIpc) is 2.65. The lowest BCUT2D eigenvalue weighted by atomic mass is 10.2. The summed E-state index contributed by atoms with van der Waals surface area (Å²) in [5.41, 5.74) is 5.92. The number of benzene rings is 1. The number of fused-ring (bicyclic) bond motifs is 1. The summed E-state index contributed by atoms with van der Waals surface area (Å²) in [5.74, 6) is 0.801. The summed E-state index contributed by atoms with van der Waals surface area (Å²) in [7, 11) is 0. The number of hydrogen-bond acceptors (Lipinski definition) is 4. The summed E-state index contributed by atoms with van der Waals surface area (Å²) in [4.78, 5) is 10.5. The van der Waals surface area contributed by atoms with Gasteiger partial charge in [0.1, 0.15) is 0 Å². The summed E-state index contributed by atoms with van der Waals surface area (Å²) in [6.45, 7) is 0.818. The summed E-state index contributed by atoms with van der Waals surface area (Å²) in [6.07, 6.45) is 0. The van der Waals surface area contributed by atoms with E-state index in [9.17, 15) is 4.79 Å². The summed E-state index contributed by atoms with van der Waals surface area (Å²) in [6, 6.07) is 3.59. The second kappa shape index (κ2) is 4.59. The number of hydrogen-bond donors (Lipinski definition) is 2. The van der Waals surface area contributed by atoms with Crippen LogP contribution in [0, 0.1) is 0 Å². The van der Waals surface area contributed by atoms with Crippen LogP contribution in [0.3, 0.4) is 0 Å². The Hall–Kier alpha value is -1.46. The third kappa shape index (κ3) is 2.37. The molecule has 0 radical (unpaired) electrons. The van der Waals surface area contributed by atoms with Gasteiger partial charge < -0.3 is 20.5 Å². The van der Waals surface area contributed by atoms with Crippen LogP contribution >= 0.6 is 11.6 Å². The average molecular weight is 243 g/mol. The number of amides is 1. The maximum Gasteiger partial charge on any atom is 0.231 e. The van der Waals surface area contributed by atoms with Crippen molar-refractivity contribution in [1.82, 2.24) is 5.32 Å². The Bertz CT molecular complexity index is 423. The molecule has 0 saturated carbocycles. The fourth-order valence-corrected chi connectivity index (χ4v) is 1.74. The molecular weight excluding hydrogens is 232 g/mol. The molecule has 1 heterocycles. The summed E-state index contributed by atoms with van der Waals surface area (Å²) < 4.78 is 10.4. The Labute approximate surface area is 97.5 Å². The van der Waals surface area contributed by atoms with Gasteiger partial charge >= 0.3 is 0 Å². The van der Waals surface area contributed by atoms with Crippen molar-refractivity contribution < 1.29 is 14.3 Å². The molecule has 86 valence electrons. The molecule has 3 N–H and O–H groups in total. The van der Waals surface area contributed by atoms with Crippen molar-refractivity contribution in [3.05, 3.63) is 22.7 Å². The van der Waals surface area contributed by atoms with Crippen LogP contribution in [-0.4, -0.2) is 19.2 Å². The maximum absolute atomic E-state index is 10.5. The molecule has 1 aliphatic heterocycles. The first kappa shape index (κ1) is 11.0. The zero-order valence-electron chi connectivity index (χ0n) is 8.46. The van der Waals surface area contributed by atoms with Gasteiger partial charge in [0.15, 0.2) is 11.5 Å². The fraction of sp³-hybridized carbons (Fsp3) is 0.300. The molecule has 0 spiro atoms. The van der Waals surface area contributed by atoms with Crippen molar-refractivity contribution in [3.8, 4) is 11.5 Å². The minimum absolute atomic E-state index is 0.131. The Morgan fingerprint density at radius 1 is 1.50 bits per heavy atom. The highest BCUT2D eigenvalue weighted by molar-refractivity contribution is 6.32. The predicted octanol–water partition coefficient (Wildman–Crippen LogP) is 0.644. The van der Waals surface area contributed by atoms with E-state index in [-0.39, 0.29) is 13.3 Å². The molecule has 16 heavy (non-hydrogen) atoms. The number of rotatable bonds is 4. The normalized spacial score (nSPS) is 12.8. The van der Waals surface area contributed by atoms with E-state index in [2.05, 4.69) is 5.32 Å². The van der Waals surface area contributed by atoms with Crippen LogP contribution in [0.1, 0.15) is 5.56 Å². The van der Waals surface area contributed by atoms with Gasteiger partial charge in [0.2, 0.25) is 12.7 Å². The van der Waals surface area contributed by atoms with E-state index >= 15 is 0 Å². The number of nitrogens with two attached hydrogens (primary N) is 1. The topological polar surface area (TPSA) is 73.6 Å². The largest absolute Gasteiger partial charge is 0.454 e. The Morgan fingerprint density at radius 3 is 3.06 bits per heavy atom. The zero-order valence-corrected chi connectivity index (χ0v) is 9.21. The molecule has 0 bridgehead atoms. The number of halogens is 1. The first-order chi connectivity index (χ1) is 7.66. The lowest BCUT2D eigenvalue weighted by molar-refractivity contribution is -0.117. The minimum Gasteiger partial charge on any atom is -0.454 e. The highest BCUT2D eigenvalue weighted by Crippen LogP contribution is 2.39. The van der Waals surface area contributed by atoms with Crippen molar-refractivity contribution in [1.29, 1.82) is 0 Å². The molecule has 1 aliphatic rings. The van der Waals surface area contributed by atoms with E-state index in [4.69, 9.17) is 26.8 Å². The lowest BCUT2D eigenvalue weighted by Crippen LogP contribution is -2.28. The molecular formula is C10H11ClN2O3. The van der Waals surface area contributed by atoms with E-state index in [0.29, 0.717) is 23.1 Å². The van der Waals surface area contributed by atoms with Gasteiger partial charge in [-0.3, -0.25) is 4.79 Å². The fourth-order valence-electron chi connectivity index (χ4n) is 1.45. The molecule has 0 aromatic heterocycles. The molecule has 2 rings (SSSR count). The molecule has 1 aromatic rings. The van der Waals surface area contributed by atoms with Crippen molar-refractivity contribution in [2.45, 2.75) is 6.54 Å². The Morgan fingerprint density at radius 2 is 2.31 bits per heavy atom. The number of nitrogens with one attached hydrogen (secondary N) is 1. The van der Waals surface area contributed by atoms with E-state index in [1.807, 2.05) is 6.07 Å². The van der Waals surface area contributed by atoms with Crippen LogP contribution in [0.2, 0.25) is 5.02 Å². The Balaban J connectivity index is 2.05. The van der Waals surface area contributed by atoms with Gasteiger partial charge in [-0.25, -0.2) is 0 Å². The van der Waals surface area contributed by atoms with E-state index in [1.54, 1.807) is 6.07 Å². The smallest absolute Gasteiger partial charge is 0.231 e. The molecule has 1 aromatic carbocycles. The molecule has 1 amide bonds. The van der Waals surface area contributed by atoms with Gasteiger partial charge in [-0.15, -0.1) is 0 Å². The van der Waals surface area contributed by atoms with Crippen molar-refractivity contribution >= 4 is 17.5 Å². The first-order valence-corrected chi connectivity index (χ1v) is 5.11. The summed E-state index contributed by atoms with van der Waals surface area (Å²) >= 11 is 5.99. The second-order valence-electron chi connectivity index (χ2n) is 3.38. The molecule has 0 atom stereocenters. The second-order valence-corrected chi connectivity index (χ2v) is 3.79.